The van der Waals surface area contributed by atoms with Gasteiger partial charge in [0, 0.05) is 34.1 Å². The van der Waals surface area contributed by atoms with Crippen molar-refractivity contribution in [1.82, 2.24) is 4.90 Å². The molecule has 72 valence electrons. The number of thiocarbonyl (C=S) groups is 1. The van der Waals surface area contributed by atoms with Gasteiger partial charge in [-0.15, -0.1) is 0 Å². The molecule has 11 heavy (non-hydrogen) atoms. The molecule has 0 spiro atoms. The fourth-order valence-corrected chi connectivity index (χ4v) is 0. The maximum atomic E-state index is 4.56. The molecule has 0 N–H and O–H groups in total. The minimum Gasteiger partial charge on any atom is -0.411 e. The minimum atomic E-state index is 0. The van der Waals surface area contributed by atoms with Gasteiger partial charge in [-0.3, -0.25) is 0 Å². The van der Waals surface area contributed by atoms with Crippen molar-refractivity contribution in [2.75, 3.05) is 34.1 Å². The Morgan fingerprint density at radius 3 is 1.36 bits per heavy atom. The summed E-state index contributed by atoms with van der Waals surface area (Å²) in [7, 11) is 3.78. The molecule has 0 aliphatic rings. The molecular formula is C6H16AuNPS2+. The molecule has 0 saturated carbocycles. The molecule has 0 unspecified atom stereocenters. The smallest absolute Gasteiger partial charge is 0.411 e. The van der Waals surface area contributed by atoms with E-state index in [1.54, 1.807) is 4.90 Å². The average Bonchev–Trinajstić information content (AvgIpc) is 1.63. The Hall–Kier alpha value is 1.28. The van der Waals surface area contributed by atoms with E-state index in [0.29, 0.717) is 4.32 Å². The SMILES string of the molecule is CN(C)C(=S)[S-].C[PH+](C)C.[Au+]. The van der Waals surface area contributed by atoms with E-state index < -0.39 is 0 Å². The monoisotopic (exact) mass is 394 g/mol. The molecule has 0 fully saturated rings. The summed E-state index contributed by atoms with van der Waals surface area (Å²) in [6, 6.07) is 0. The molecule has 0 atom stereocenters. The molecule has 5 heteroatoms. The van der Waals surface area contributed by atoms with Crippen LogP contribution in [0.25, 0.3) is 0 Å². The largest absolute Gasteiger partial charge is 1.00 e. The van der Waals surface area contributed by atoms with Crippen molar-refractivity contribution >= 4 is 37.1 Å². The third kappa shape index (κ3) is 34.8. The molecule has 0 aliphatic carbocycles. The van der Waals surface area contributed by atoms with Crippen molar-refractivity contribution in [3.63, 3.8) is 0 Å². The zero-order valence-corrected chi connectivity index (χ0v) is 12.4. The Kier molecular flexibility index (Phi) is 18.6. The fourth-order valence-electron chi connectivity index (χ4n) is 0. The van der Waals surface area contributed by atoms with Crippen LogP contribution in [0.4, 0.5) is 0 Å². The first-order valence-electron chi connectivity index (χ1n) is 3.03. The molecule has 1 nitrogen and oxygen atoms in total. The Balaban J connectivity index is -0.000000114. The van der Waals surface area contributed by atoms with Gasteiger partial charge in [0.1, 0.15) is 0 Å². The Labute approximate surface area is 98.0 Å². The minimum absolute atomic E-state index is 0. The van der Waals surface area contributed by atoms with Crippen molar-refractivity contribution < 1.29 is 22.4 Å². The van der Waals surface area contributed by atoms with Crippen molar-refractivity contribution in [2.24, 2.45) is 0 Å². The van der Waals surface area contributed by atoms with Crippen LogP contribution in [0.15, 0.2) is 0 Å². The van der Waals surface area contributed by atoms with Crippen LogP contribution in [0, 0.1) is 0 Å². The van der Waals surface area contributed by atoms with Gasteiger partial charge >= 0.3 is 22.4 Å². The molecule has 0 saturated heterocycles. The molecular weight excluding hydrogens is 378 g/mol. The standard InChI is InChI=1S/C3H7NS2.C3H9P.Au/c1-4(2)3(5)6;1-4(2)3;/h1-2H3,(H,5,6);1-3H3;/q;;+1. The quantitative estimate of drug-likeness (QED) is 0.265. The summed E-state index contributed by atoms with van der Waals surface area (Å²) < 4.78 is 0.509. The van der Waals surface area contributed by atoms with Gasteiger partial charge in [0.05, 0.1) is 0 Å². The third-order valence-electron chi connectivity index (χ3n) is 0.365. The van der Waals surface area contributed by atoms with Crippen LogP contribution in [-0.2, 0) is 35.0 Å². The van der Waals surface area contributed by atoms with E-state index in [4.69, 9.17) is 0 Å². The van der Waals surface area contributed by atoms with E-state index in [1.165, 1.54) is 0 Å². The second kappa shape index (κ2) is 11.3. The van der Waals surface area contributed by atoms with E-state index >= 15 is 0 Å². The molecule has 0 aromatic heterocycles. The normalized spacial score (nSPS) is 7.45. The molecule has 0 amide bonds. The topological polar surface area (TPSA) is 3.24 Å². The summed E-state index contributed by atoms with van der Waals surface area (Å²) in [6.45, 7) is 6.81. The van der Waals surface area contributed by atoms with Gasteiger partial charge in [-0.1, -0.05) is 4.32 Å². The van der Waals surface area contributed by atoms with Crippen LogP contribution in [0.2, 0.25) is 0 Å². The Morgan fingerprint density at radius 1 is 1.27 bits per heavy atom. The summed E-state index contributed by atoms with van der Waals surface area (Å²) in [6.07, 6.45) is 0. The second-order valence-electron chi connectivity index (χ2n) is 2.66. The Morgan fingerprint density at radius 2 is 1.36 bits per heavy atom. The summed E-state index contributed by atoms with van der Waals surface area (Å²) in [5.41, 5.74) is 0. The zero-order valence-electron chi connectivity index (χ0n) is 7.57. The number of hydrogen-bond acceptors (Lipinski definition) is 2. The van der Waals surface area contributed by atoms with E-state index in [0.717, 1.165) is 0 Å². The molecule has 0 heterocycles. The van der Waals surface area contributed by atoms with Crippen molar-refractivity contribution in [3.05, 3.63) is 0 Å². The van der Waals surface area contributed by atoms with Gasteiger partial charge in [0.15, 0.2) is 0 Å². The van der Waals surface area contributed by atoms with Gasteiger partial charge in [-0.05, 0) is 7.92 Å². The molecule has 0 aromatic carbocycles. The first kappa shape index (κ1) is 18.1. The molecule has 0 aromatic rings. The van der Waals surface area contributed by atoms with Gasteiger partial charge in [-0.2, -0.15) is 0 Å². The predicted octanol–water partition coefficient (Wildman–Crippen LogP) is 1.47. The summed E-state index contributed by atoms with van der Waals surface area (Å²) in [5, 5.41) is 0. The van der Waals surface area contributed by atoms with E-state index in [-0.39, 0.29) is 30.3 Å². The van der Waals surface area contributed by atoms with E-state index in [9.17, 15) is 0 Å². The molecule has 0 bridgehead atoms. The van der Waals surface area contributed by atoms with Gasteiger partial charge in [0.2, 0.25) is 0 Å². The number of hydrogen-bond donors (Lipinski definition) is 0. The first-order valence-corrected chi connectivity index (χ1v) is 6.84. The van der Waals surface area contributed by atoms with Crippen LogP contribution in [0.3, 0.4) is 0 Å². The molecule has 0 radical (unpaired) electrons. The Bertz CT molecular complexity index is 95.8. The van der Waals surface area contributed by atoms with Crippen LogP contribution in [0.5, 0.6) is 0 Å². The van der Waals surface area contributed by atoms with Crippen molar-refractivity contribution in [2.45, 2.75) is 0 Å². The second-order valence-corrected chi connectivity index (χ2v) is 6.69. The predicted molar refractivity (Wildman–Crippen MR) is 59.7 cm³/mol. The van der Waals surface area contributed by atoms with Crippen LogP contribution < -0.4 is 0 Å². The van der Waals surface area contributed by atoms with Crippen molar-refractivity contribution in [1.29, 1.82) is 0 Å². The third-order valence-corrected chi connectivity index (χ3v) is 1.10. The van der Waals surface area contributed by atoms with Gasteiger partial charge < -0.3 is 29.7 Å². The first-order chi connectivity index (χ1) is 4.37. The summed E-state index contributed by atoms with van der Waals surface area (Å²) >= 11 is 9.12. The van der Waals surface area contributed by atoms with Crippen LogP contribution in [-0.4, -0.2) is 43.3 Å². The van der Waals surface area contributed by atoms with Crippen LogP contribution >= 0.6 is 20.1 Å². The van der Waals surface area contributed by atoms with Gasteiger partial charge in [0.25, 0.3) is 0 Å². The summed E-state index contributed by atoms with van der Waals surface area (Å²) in [5.74, 6) is 0. The van der Waals surface area contributed by atoms with Crippen LogP contribution in [0.1, 0.15) is 0 Å². The van der Waals surface area contributed by atoms with Gasteiger partial charge in [-0.25, -0.2) is 0 Å². The molecule has 0 aliphatic heterocycles. The van der Waals surface area contributed by atoms with E-state index in [1.807, 2.05) is 14.1 Å². The number of nitrogens with zero attached hydrogens (tertiary/aromatic N) is 1. The number of rotatable bonds is 0. The average molecular weight is 394 g/mol. The zero-order chi connectivity index (χ0) is 8.73. The fraction of sp³-hybridized carbons (Fsp3) is 0.833. The maximum absolute atomic E-state index is 4.56. The molecule has 0 rings (SSSR count). The maximum Gasteiger partial charge on any atom is 1.00 e. The van der Waals surface area contributed by atoms with E-state index in [2.05, 4.69) is 44.8 Å². The summed E-state index contributed by atoms with van der Waals surface area (Å²) in [4.78, 5) is 1.71. The van der Waals surface area contributed by atoms with Crippen molar-refractivity contribution in [3.8, 4) is 0 Å².